The van der Waals surface area contributed by atoms with E-state index in [1.54, 1.807) is 0 Å². The predicted octanol–water partition coefficient (Wildman–Crippen LogP) is 1.21. The maximum absolute atomic E-state index is 12.3. The van der Waals surface area contributed by atoms with Crippen molar-refractivity contribution in [2.75, 3.05) is 13.7 Å². The van der Waals surface area contributed by atoms with Crippen LogP contribution in [0.4, 0.5) is 0 Å². The van der Waals surface area contributed by atoms with Crippen LogP contribution in [0.25, 0.3) is 0 Å². The van der Waals surface area contributed by atoms with Gasteiger partial charge in [-0.2, -0.15) is 0 Å². The van der Waals surface area contributed by atoms with Gasteiger partial charge < -0.3 is 15.8 Å². The molecule has 1 aliphatic rings. The third kappa shape index (κ3) is 4.82. The summed E-state index contributed by atoms with van der Waals surface area (Å²) in [5.74, 6) is 0.157. The normalized spacial score (nSPS) is 23.2. The topological polar surface area (TPSA) is 81.4 Å². The molecule has 0 saturated heterocycles. The molecule has 0 aromatic rings. The standard InChI is InChI=1S/C14H26N2O3/c1-14(2,8-7-12(17)19-3)16-13(18)11-6-4-5-10(11)9-15/h10-11H,4-9,15H2,1-3H3,(H,16,18)/t10-,11-/m1/s1. The van der Waals surface area contributed by atoms with Crippen molar-refractivity contribution in [2.45, 2.75) is 51.5 Å². The van der Waals surface area contributed by atoms with Crippen LogP contribution in [0.3, 0.4) is 0 Å². The zero-order chi connectivity index (χ0) is 14.5. The maximum Gasteiger partial charge on any atom is 0.305 e. The fourth-order valence-corrected chi connectivity index (χ4v) is 2.67. The second-order valence-corrected chi connectivity index (χ2v) is 5.98. The fourth-order valence-electron chi connectivity index (χ4n) is 2.67. The van der Waals surface area contributed by atoms with Crippen molar-refractivity contribution in [2.24, 2.45) is 17.6 Å². The van der Waals surface area contributed by atoms with E-state index >= 15 is 0 Å². The molecule has 5 nitrogen and oxygen atoms in total. The Hall–Kier alpha value is -1.10. The molecule has 5 heteroatoms. The number of nitrogens with two attached hydrogens (primary N) is 1. The van der Waals surface area contributed by atoms with Gasteiger partial charge in [0.2, 0.25) is 5.91 Å². The predicted molar refractivity (Wildman–Crippen MR) is 73.4 cm³/mol. The van der Waals surface area contributed by atoms with Gasteiger partial charge in [-0.25, -0.2) is 0 Å². The average molecular weight is 270 g/mol. The van der Waals surface area contributed by atoms with Gasteiger partial charge in [-0.1, -0.05) is 6.42 Å². The Morgan fingerprint density at radius 1 is 1.37 bits per heavy atom. The molecular formula is C14H26N2O3. The first-order chi connectivity index (χ1) is 8.89. The summed E-state index contributed by atoms with van der Waals surface area (Å²) in [7, 11) is 1.37. The number of methoxy groups -OCH3 is 1. The second kappa shape index (κ2) is 6.89. The molecule has 110 valence electrons. The summed E-state index contributed by atoms with van der Waals surface area (Å²) in [6.07, 6.45) is 3.92. The third-order valence-corrected chi connectivity index (χ3v) is 3.94. The number of ether oxygens (including phenoxy) is 1. The smallest absolute Gasteiger partial charge is 0.305 e. The average Bonchev–Trinajstić information content (AvgIpc) is 2.83. The SMILES string of the molecule is COC(=O)CCC(C)(C)NC(=O)[C@@H]1CCC[C@@H]1CN. The van der Waals surface area contributed by atoms with E-state index in [9.17, 15) is 9.59 Å². The highest BCUT2D eigenvalue weighted by molar-refractivity contribution is 5.80. The van der Waals surface area contributed by atoms with Crippen molar-refractivity contribution in [3.05, 3.63) is 0 Å². The zero-order valence-corrected chi connectivity index (χ0v) is 12.2. The molecule has 0 bridgehead atoms. The van der Waals surface area contributed by atoms with Gasteiger partial charge in [0.15, 0.2) is 0 Å². The number of rotatable bonds is 6. The van der Waals surface area contributed by atoms with E-state index in [1.807, 2.05) is 13.8 Å². The minimum absolute atomic E-state index is 0.0300. The van der Waals surface area contributed by atoms with E-state index in [0.29, 0.717) is 25.3 Å². The van der Waals surface area contributed by atoms with Crippen molar-refractivity contribution in [1.29, 1.82) is 0 Å². The van der Waals surface area contributed by atoms with Gasteiger partial charge in [0, 0.05) is 17.9 Å². The third-order valence-electron chi connectivity index (χ3n) is 3.94. The highest BCUT2D eigenvalue weighted by atomic mass is 16.5. The molecule has 3 N–H and O–H groups in total. The molecule has 0 radical (unpaired) electrons. The van der Waals surface area contributed by atoms with Crippen molar-refractivity contribution in [1.82, 2.24) is 5.32 Å². The lowest BCUT2D eigenvalue weighted by Crippen LogP contribution is -2.47. The number of nitrogens with one attached hydrogen (secondary N) is 1. The molecule has 0 heterocycles. The van der Waals surface area contributed by atoms with E-state index in [-0.39, 0.29) is 17.8 Å². The van der Waals surface area contributed by atoms with Crippen LogP contribution in [0.2, 0.25) is 0 Å². The zero-order valence-electron chi connectivity index (χ0n) is 12.2. The van der Waals surface area contributed by atoms with Gasteiger partial charge in [-0.15, -0.1) is 0 Å². The van der Waals surface area contributed by atoms with E-state index in [1.165, 1.54) is 7.11 Å². The van der Waals surface area contributed by atoms with E-state index < -0.39 is 5.54 Å². The lowest BCUT2D eigenvalue weighted by atomic mass is 9.92. The molecule has 0 unspecified atom stereocenters. The number of carbonyl (C=O) groups is 2. The molecule has 0 aliphatic heterocycles. The van der Waals surface area contributed by atoms with Crippen LogP contribution in [0, 0.1) is 11.8 Å². The van der Waals surface area contributed by atoms with Gasteiger partial charge in [0.25, 0.3) is 0 Å². The van der Waals surface area contributed by atoms with E-state index in [4.69, 9.17) is 5.73 Å². The first-order valence-electron chi connectivity index (χ1n) is 6.98. The quantitative estimate of drug-likeness (QED) is 0.711. The Bertz CT molecular complexity index is 329. The summed E-state index contributed by atoms with van der Waals surface area (Å²) < 4.78 is 4.62. The Kier molecular flexibility index (Phi) is 5.79. The van der Waals surface area contributed by atoms with Gasteiger partial charge in [0.05, 0.1) is 7.11 Å². The minimum atomic E-state index is -0.396. The van der Waals surface area contributed by atoms with Crippen LogP contribution in [0.15, 0.2) is 0 Å². The van der Waals surface area contributed by atoms with Crippen LogP contribution in [0.1, 0.15) is 46.0 Å². The fraction of sp³-hybridized carbons (Fsp3) is 0.857. The highest BCUT2D eigenvalue weighted by Crippen LogP contribution is 2.31. The van der Waals surface area contributed by atoms with Gasteiger partial charge in [-0.3, -0.25) is 9.59 Å². The maximum atomic E-state index is 12.3. The van der Waals surface area contributed by atoms with Crippen molar-refractivity contribution >= 4 is 11.9 Å². The van der Waals surface area contributed by atoms with Crippen LogP contribution in [0.5, 0.6) is 0 Å². The molecule has 2 atom stereocenters. The molecule has 1 amide bonds. The van der Waals surface area contributed by atoms with Gasteiger partial charge in [0.1, 0.15) is 0 Å². The lowest BCUT2D eigenvalue weighted by molar-refractivity contribution is -0.141. The summed E-state index contributed by atoms with van der Waals surface area (Å²) in [5, 5.41) is 3.04. The molecule has 1 rings (SSSR count). The molecule has 1 aliphatic carbocycles. The first kappa shape index (κ1) is 16.0. The van der Waals surface area contributed by atoms with Gasteiger partial charge >= 0.3 is 5.97 Å². The second-order valence-electron chi connectivity index (χ2n) is 5.98. The monoisotopic (exact) mass is 270 g/mol. The van der Waals surface area contributed by atoms with Crippen LogP contribution in [-0.4, -0.2) is 31.1 Å². The van der Waals surface area contributed by atoms with Crippen molar-refractivity contribution in [3.8, 4) is 0 Å². The van der Waals surface area contributed by atoms with Gasteiger partial charge in [-0.05, 0) is 45.6 Å². The summed E-state index contributed by atoms with van der Waals surface area (Å²) in [6, 6.07) is 0. The molecule has 0 spiro atoms. The number of hydrogen-bond acceptors (Lipinski definition) is 4. The van der Waals surface area contributed by atoms with E-state index in [0.717, 1.165) is 19.3 Å². The highest BCUT2D eigenvalue weighted by Gasteiger charge is 2.34. The molecule has 19 heavy (non-hydrogen) atoms. The minimum Gasteiger partial charge on any atom is -0.469 e. The van der Waals surface area contributed by atoms with Crippen LogP contribution < -0.4 is 11.1 Å². The Labute approximate surface area is 115 Å². The molecule has 0 aromatic carbocycles. The molecule has 1 fully saturated rings. The number of carbonyl (C=O) groups excluding carboxylic acids is 2. The Morgan fingerprint density at radius 2 is 2.05 bits per heavy atom. The number of esters is 1. The Balaban J connectivity index is 2.47. The summed E-state index contributed by atoms with van der Waals surface area (Å²) in [6.45, 7) is 4.43. The van der Waals surface area contributed by atoms with Crippen molar-refractivity contribution < 1.29 is 14.3 Å². The summed E-state index contributed by atoms with van der Waals surface area (Å²) in [4.78, 5) is 23.4. The van der Waals surface area contributed by atoms with E-state index in [2.05, 4.69) is 10.1 Å². The number of hydrogen-bond donors (Lipinski definition) is 2. The summed E-state index contributed by atoms with van der Waals surface area (Å²) >= 11 is 0. The molecular weight excluding hydrogens is 244 g/mol. The van der Waals surface area contributed by atoms with Crippen LogP contribution >= 0.6 is 0 Å². The van der Waals surface area contributed by atoms with Crippen molar-refractivity contribution in [3.63, 3.8) is 0 Å². The molecule has 0 aromatic heterocycles. The lowest BCUT2D eigenvalue weighted by Gasteiger charge is -2.29. The largest absolute Gasteiger partial charge is 0.469 e. The number of amides is 1. The first-order valence-corrected chi connectivity index (χ1v) is 6.98. The van der Waals surface area contributed by atoms with Crippen LogP contribution in [-0.2, 0) is 14.3 Å². The molecule has 1 saturated carbocycles. The Morgan fingerprint density at radius 3 is 2.63 bits per heavy atom. The summed E-state index contributed by atoms with van der Waals surface area (Å²) in [5.41, 5.74) is 5.31.